The molecule has 0 atom stereocenters. The van der Waals surface area contributed by atoms with Crippen LogP contribution in [0.1, 0.15) is 15.9 Å². The highest BCUT2D eigenvalue weighted by atomic mass is 16.1. The summed E-state index contributed by atoms with van der Waals surface area (Å²) < 4.78 is 1.41. The molecular weight excluding hydrogens is 168 g/mol. The molecule has 2 heterocycles. The van der Waals surface area contributed by atoms with E-state index in [-0.39, 0.29) is 0 Å². The monoisotopic (exact) mass is 172 g/mol. The summed E-state index contributed by atoms with van der Waals surface area (Å²) in [5.74, 6) is 0. The Morgan fingerprint density at radius 1 is 1.54 bits per heavy atom. The Morgan fingerprint density at radius 3 is 3.08 bits per heavy atom. The summed E-state index contributed by atoms with van der Waals surface area (Å²) in [5, 5.41) is 12.4. The summed E-state index contributed by atoms with van der Waals surface area (Å²) in [6.45, 7) is 0. The van der Waals surface area contributed by atoms with Gasteiger partial charge in [-0.2, -0.15) is 10.4 Å². The van der Waals surface area contributed by atoms with Crippen LogP contribution in [-0.2, 0) is 0 Å². The summed E-state index contributed by atoms with van der Waals surface area (Å²) in [7, 11) is 0. The molecule has 0 saturated carbocycles. The molecule has 0 fully saturated rings. The number of hydrogen-bond donors (Lipinski definition) is 0. The first-order chi connectivity index (χ1) is 6.35. The van der Waals surface area contributed by atoms with Crippen LogP contribution in [0.15, 0.2) is 18.6 Å². The number of carbonyl (C=O) groups is 1. The normalized spacial score (nSPS) is 9.77. The number of rotatable bonds is 1. The first-order valence-electron chi connectivity index (χ1n) is 3.54. The van der Waals surface area contributed by atoms with E-state index in [2.05, 4.69) is 10.1 Å². The van der Waals surface area contributed by atoms with Crippen LogP contribution in [0.4, 0.5) is 0 Å². The molecule has 0 unspecified atom stereocenters. The van der Waals surface area contributed by atoms with E-state index < -0.39 is 0 Å². The van der Waals surface area contributed by atoms with Crippen LogP contribution in [0, 0.1) is 11.3 Å². The number of nitriles is 1. The largest absolute Gasteiger partial charge is 0.298 e. The lowest BCUT2D eigenvalue weighted by Gasteiger charge is -1.91. The van der Waals surface area contributed by atoms with Crippen molar-refractivity contribution in [3.63, 3.8) is 0 Å². The van der Waals surface area contributed by atoms with E-state index >= 15 is 0 Å². The van der Waals surface area contributed by atoms with Crippen LogP contribution in [0.5, 0.6) is 0 Å². The molecule has 2 aromatic rings. The fourth-order valence-electron chi connectivity index (χ4n) is 1.03. The van der Waals surface area contributed by atoms with Crippen molar-refractivity contribution in [3.8, 4) is 6.07 Å². The van der Waals surface area contributed by atoms with Crippen molar-refractivity contribution in [2.45, 2.75) is 0 Å². The van der Waals surface area contributed by atoms with Gasteiger partial charge in [0.05, 0.1) is 23.5 Å². The van der Waals surface area contributed by atoms with E-state index in [9.17, 15) is 4.79 Å². The second kappa shape index (κ2) is 2.68. The highest BCUT2D eigenvalue weighted by Crippen LogP contribution is 2.05. The van der Waals surface area contributed by atoms with E-state index in [0.717, 1.165) is 0 Å². The van der Waals surface area contributed by atoms with E-state index in [0.29, 0.717) is 23.1 Å². The lowest BCUT2D eigenvalue weighted by molar-refractivity contribution is 0.112. The lowest BCUT2D eigenvalue weighted by atomic mass is 10.3. The quantitative estimate of drug-likeness (QED) is 0.584. The lowest BCUT2D eigenvalue weighted by Crippen LogP contribution is -1.92. The van der Waals surface area contributed by atoms with Crippen molar-refractivity contribution >= 4 is 11.9 Å². The van der Waals surface area contributed by atoms with Crippen molar-refractivity contribution in [2.75, 3.05) is 0 Å². The highest BCUT2D eigenvalue weighted by Gasteiger charge is 2.03. The first-order valence-corrected chi connectivity index (χ1v) is 3.54. The second-order valence-electron chi connectivity index (χ2n) is 2.44. The Bertz CT molecular complexity index is 508. The average molecular weight is 172 g/mol. The van der Waals surface area contributed by atoms with Gasteiger partial charge in [-0.1, -0.05) is 0 Å². The Hall–Kier alpha value is -2.22. The van der Waals surface area contributed by atoms with Crippen LogP contribution in [-0.4, -0.2) is 20.9 Å². The molecular formula is C8H4N4O. The Balaban J connectivity index is 2.76. The van der Waals surface area contributed by atoms with E-state index in [1.165, 1.54) is 23.1 Å². The SMILES string of the molecule is N#Cc1cnc2c(C=O)cnn2c1. The Kier molecular flexibility index (Phi) is 1.53. The molecule has 0 amide bonds. The molecule has 0 aliphatic rings. The summed E-state index contributed by atoms with van der Waals surface area (Å²) in [6, 6.07) is 1.93. The minimum atomic E-state index is 0.410. The summed E-state index contributed by atoms with van der Waals surface area (Å²) in [6.07, 6.45) is 5.03. The maximum Gasteiger partial charge on any atom is 0.165 e. The molecule has 0 spiro atoms. The molecule has 13 heavy (non-hydrogen) atoms. The molecule has 5 heteroatoms. The third kappa shape index (κ3) is 1.05. The minimum Gasteiger partial charge on any atom is -0.298 e. The van der Waals surface area contributed by atoms with E-state index in [4.69, 9.17) is 5.26 Å². The molecule has 2 aromatic heterocycles. The zero-order valence-electron chi connectivity index (χ0n) is 6.51. The molecule has 0 aliphatic heterocycles. The van der Waals surface area contributed by atoms with Crippen LogP contribution >= 0.6 is 0 Å². The van der Waals surface area contributed by atoms with Gasteiger partial charge >= 0.3 is 0 Å². The fourth-order valence-corrected chi connectivity index (χ4v) is 1.03. The number of aromatic nitrogens is 3. The van der Waals surface area contributed by atoms with Crippen LogP contribution in [0.2, 0.25) is 0 Å². The van der Waals surface area contributed by atoms with Crippen LogP contribution < -0.4 is 0 Å². The van der Waals surface area contributed by atoms with E-state index in [1.807, 2.05) is 6.07 Å². The Labute approximate surface area is 73.2 Å². The van der Waals surface area contributed by atoms with Crippen molar-refractivity contribution in [2.24, 2.45) is 0 Å². The number of fused-ring (bicyclic) bond motifs is 1. The smallest absolute Gasteiger partial charge is 0.165 e. The van der Waals surface area contributed by atoms with Gasteiger partial charge in [-0.3, -0.25) is 4.79 Å². The third-order valence-electron chi connectivity index (χ3n) is 1.64. The summed E-state index contributed by atoms with van der Waals surface area (Å²) >= 11 is 0. The zero-order valence-corrected chi connectivity index (χ0v) is 6.51. The molecule has 0 radical (unpaired) electrons. The van der Waals surface area contributed by atoms with Gasteiger partial charge in [-0.15, -0.1) is 0 Å². The first kappa shape index (κ1) is 7.43. The Morgan fingerprint density at radius 2 is 2.38 bits per heavy atom. The van der Waals surface area contributed by atoms with Gasteiger partial charge in [0.2, 0.25) is 0 Å². The molecule has 0 saturated heterocycles. The number of carbonyl (C=O) groups excluding carboxylic acids is 1. The molecule has 0 aliphatic carbocycles. The van der Waals surface area contributed by atoms with Crippen molar-refractivity contribution in [3.05, 3.63) is 29.7 Å². The molecule has 0 aromatic carbocycles. The van der Waals surface area contributed by atoms with Gasteiger partial charge in [-0.25, -0.2) is 9.50 Å². The predicted octanol–water partition coefficient (Wildman–Crippen LogP) is 0.413. The number of nitrogens with zero attached hydrogens (tertiary/aromatic N) is 4. The number of hydrogen-bond acceptors (Lipinski definition) is 4. The standard InChI is InChI=1S/C8H4N4O/c9-1-6-2-10-8-7(5-13)3-11-12(8)4-6/h2-5H. The maximum absolute atomic E-state index is 10.5. The van der Waals surface area contributed by atoms with Gasteiger partial charge in [0.1, 0.15) is 6.07 Å². The zero-order chi connectivity index (χ0) is 9.26. The minimum absolute atomic E-state index is 0.410. The fraction of sp³-hybridized carbons (Fsp3) is 0. The molecule has 0 N–H and O–H groups in total. The molecule has 2 rings (SSSR count). The molecule has 62 valence electrons. The van der Waals surface area contributed by atoms with E-state index in [1.54, 1.807) is 0 Å². The van der Waals surface area contributed by atoms with Crippen molar-refractivity contribution in [1.29, 1.82) is 5.26 Å². The van der Waals surface area contributed by atoms with Crippen LogP contribution in [0.25, 0.3) is 5.65 Å². The predicted molar refractivity (Wildman–Crippen MR) is 43.1 cm³/mol. The van der Waals surface area contributed by atoms with Gasteiger partial charge in [0.15, 0.2) is 11.9 Å². The average Bonchev–Trinajstić information content (AvgIpc) is 2.59. The summed E-state index contributed by atoms with van der Waals surface area (Å²) in [4.78, 5) is 14.4. The maximum atomic E-state index is 10.5. The number of aldehydes is 1. The van der Waals surface area contributed by atoms with Gasteiger partial charge in [0.25, 0.3) is 0 Å². The highest BCUT2D eigenvalue weighted by molar-refractivity contribution is 5.83. The molecule has 5 nitrogen and oxygen atoms in total. The second-order valence-corrected chi connectivity index (χ2v) is 2.44. The summed E-state index contributed by atoms with van der Waals surface area (Å²) in [5.41, 5.74) is 1.30. The molecule has 0 bridgehead atoms. The topological polar surface area (TPSA) is 71.0 Å². The van der Waals surface area contributed by atoms with Crippen LogP contribution in [0.3, 0.4) is 0 Å². The van der Waals surface area contributed by atoms with Gasteiger partial charge in [-0.05, 0) is 0 Å². The van der Waals surface area contributed by atoms with Crippen molar-refractivity contribution < 1.29 is 4.79 Å². The van der Waals surface area contributed by atoms with Crippen molar-refractivity contribution in [1.82, 2.24) is 14.6 Å². The third-order valence-corrected chi connectivity index (χ3v) is 1.64. The van der Waals surface area contributed by atoms with Gasteiger partial charge in [0, 0.05) is 6.20 Å². The van der Waals surface area contributed by atoms with Gasteiger partial charge < -0.3 is 0 Å².